The fourth-order valence-corrected chi connectivity index (χ4v) is 5.48. The van der Waals surface area contributed by atoms with Gasteiger partial charge in [-0.05, 0) is 79.4 Å². The molecular weight excluding hydrogens is 487 g/mol. The summed E-state index contributed by atoms with van der Waals surface area (Å²) < 4.78 is 2.26. The zero-order chi connectivity index (χ0) is 23.5. The first-order chi connectivity index (χ1) is 16.6. The molecule has 4 aromatic rings. The molecule has 0 bridgehead atoms. The Hall–Kier alpha value is -2.80. The van der Waals surface area contributed by atoms with Crippen LogP contribution in [0.1, 0.15) is 29.6 Å². The van der Waals surface area contributed by atoms with Crippen LogP contribution < -0.4 is 9.62 Å². The van der Waals surface area contributed by atoms with Crippen molar-refractivity contribution < 1.29 is 4.79 Å². The number of rotatable bonds is 4. The molecule has 0 aliphatic carbocycles. The van der Waals surface area contributed by atoms with Gasteiger partial charge >= 0.3 is 0 Å². The molecule has 1 aliphatic heterocycles. The van der Waals surface area contributed by atoms with E-state index in [9.17, 15) is 4.79 Å². The van der Waals surface area contributed by atoms with Crippen LogP contribution >= 0.6 is 35.1 Å². The van der Waals surface area contributed by atoms with E-state index in [2.05, 4.69) is 14.6 Å². The van der Waals surface area contributed by atoms with Gasteiger partial charge in [0.2, 0.25) is 0 Å². The first-order valence-corrected chi connectivity index (χ1v) is 12.8. The van der Waals surface area contributed by atoms with Gasteiger partial charge in [-0.15, -0.1) is 0 Å². The number of halogens is 2. The predicted molar refractivity (Wildman–Crippen MR) is 143 cm³/mol. The van der Waals surface area contributed by atoms with E-state index in [1.54, 1.807) is 30.6 Å². The molecule has 2 aromatic heterocycles. The summed E-state index contributed by atoms with van der Waals surface area (Å²) in [6.45, 7) is 0.986. The molecule has 1 aliphatic rings. The minimum absolute atomic E-state index is 0.272. The molecule has 5 nitrogen and oxygen atoms in total. The second kappa shape index (κ2) is 10.2. The second-order valence-corrected chi connectivity index (χ2v) is 10.00. The van der Waals surface area contributed by atoms with Crippen molar-refractivity contribution >= 4 is 63.3 Å². The molecule has 5 rings (SSSR count). The molecule has 1 fully saturated rings. The monoisotopic (exact) mass is 508 g/mol. The van der Waals surface area contributed by atoms with E-state index in [1.807, 2.05) is 48.3 Å². The summed E-state index contributed by atoms with van der Waals surface area (Å²) in [6.07, 6.45) is 7.11. The highest BCUT2D eigenvalue weighted by Gasteiger charge is 2.16. The summed E-state index contributed by atoms with van der Waals surface area (Å²) in [7, 11) is 0. The summed E-state index contributed by atoms with van der Waals surface area (Å²) in [4.78, 5) is 21.8. The van der Waals surface area contributed by atoms with Crippen molar-refractivity contribution in [1.82, 2.24) is 9.97 Å². The Bertz CT molecular complexity index is 1360. The van der Waals surface area contributed by atoms with E-state index >= 15 is 0 Å². The minimum atomic E-state index is -0.272. The van der Waals surface area contributed by atoms with E-state index in [-0.39, 0.29) is 5.91 Å². The molecule has 8 heteroatoms. The Morgan fingerprint density at radius 2 is 1.88 bits per heavy atom. The summed E-state index contributed by atoms with van der Waals surface area (Å²) >= 11 is 14.8. The molecule has 0 atom stereocenters. The lowest BCUT2D eigenvalue weighted by molar-refractivity contribution is 0.102. The first-order valence-electron chi connectivity index (χ1n) is 11.1. The molecule has 0 spiro atoms. The molecule has 1 N–H and O–H groups in total. The van der Waals surface area contributed by atoms with Crippen LogP contribution in [-0.2, 0) is 0 Å². The number of nitrogens with one attached hydrogen (secondary N) is 1. The number of pyridine rings is 2. The number of anilines is 2. The first kappa shape index (κ1) is 23.0. The van der Waals surface area contributed by atoms with Gasteiger partial charge in [-0.3, -0.25) is 9.78 Å². The largest absolute Gasteiger partial charge is 0.322 e. The Morgan fingerprint density at radius 3 is 2.76 bits per heavy atom. The molecule has 0 unspecified atom stereocenters. The highest BCUT2D eigenvalue weighted by molar-refractivity contribution is 8.00. The minimum Gasteiger partial charge on any atom is -0.322 e. The lowest BCUT2D eigenvalue weighted by Gasteiger charge is -2.21. The number of carbonyl (C=O) groups excluding carboxylic acids is 1. The highest BCUT2D eigenvalue weighted by atomic mass is 35.5. The number of benzene rings is 2. The van der Waals surface area contributed by atoms with Crippen molar-refractivity contribution in [3.63, 3.8) is 0 Å². The van der Waals surface area contributed by atoms with E-state index in [4.69, 9.17) is 28.2 Å². The number of hydrogen-bond acceptors (Lipinski definition) is 5. The van der Waals surface area contributed by atoms with E-state index in [1.165, 1.54) is 12.8 Å². The van der Waals surface area contributed by atoms with Crippen LogP contribution in [0.2, 0.25) is 10.0 Å². The second-order valence-electron chi connectivity index (χ2n) is 8.07. The third kappa shape index (κ3) is 4.99. The van der Waals surface area contributed by atoms with Crippen LogP contribution in [0.25, 0.3) is 22.2 Å². The number of fused-ring (bicyclic) bond motifs is 1. The number of aromatic nitrogens is 2. The Kier molecular flexibility index (Phi) is 6.90. The highest BCUT2D eigenvalue weighted by Crippen LogP contribution is 2.33. The molecule has 172 valence electrons. The van der Waals surface area contributed by atoms with Crippen LogP contribution in [0, 0.1) is 0 Å². The average Bonchev–Trinajstić information content (AvgIpc) is 3.14. The standard InChI is InChI=1S/C26H22Cl2N4OS/c27-22-8-5-18(14-21(22)25-9-4-17-16-29-11-10-24(17)31-25)30-26(33)20-7-6-19(15-23(20)28)32-12-2-1-3-13-34-32/h4-11,14-16H,1-3,12-13H2,(H,30,33). The van der Waals surface area contributed by atoms with Crippen molar-refractivity contribution in [2.24, 2.45) is 0 Å². The fraction of sp³-hybridized carbons (Fsp3) is 0.192. The zero-order valence-corrected chi connectivity index (χ0v) is 20.6. The van der Waals surface area contributed by atoms with Gasteiger partial charge in [0.05, 0.1) is 26.8 Å². The van der Waals surface area contributed by atoms with Gasteiger partial charge in [0, 0.05) is 47.0 Å². The van der Waals surface area contributed by atoms with Gasteiger partial charge < -0.3 is 9.62 Å². The molecule has 1 amide bonds. The summed E-state index contributed by atoms with van der Waals surface area (Å²) in [6, 6.07) is 16.7. The van der Waals surface area contributed by atoms with Gasteiger partial charge in [0.15, 0.2) is 0 Å². The van der Waals surface area contributed by atoms with Crippen molar-refractivity contribution in [2.45, 2.75) is 19.3 Å². The number of amides is 1. The van der Waals surface area contributed by atoms with Crippen LogP contribution in [0.3, 0.4) is 0 Å². The maximum absolute atomic E-state index is 13.0. The molecule has 1 saturated heterocycles. The van der Waals surface area contributed by atoms with Gasteiger partial charge in [0.1, 0.15) is 0 Å². The smallest absolute Gasteiger partial charge is 0.257 e. The summed E-state index contributed by atoms with van der Waals surface area (Å²) in [5.41, 5.74) is 4.35. The van der Waals surface area contributed by atoms with E-state index in [0.29, 0.717) is 21.3 Å². The van der Waals surface area contributed by atoms with Crippen LogP contribution in [0.4, 0.5) is 11.4 Å². The van der Waals surface area contributed by atoms with Crippen molar-refractivity contribution in [2.75, 3.05) is 21.9 Å². The Labute approximate surface area is 212 Å². The number of hydrogen-bond donors (Lipinski definition) is 1. The molecular formula is C26H22Cl2N4OS. The van der Waals surface area contributed by atoms with Gasteiger partial charge in [-0.2, -0.15) is 0 Å². The normalized spacial score (nSPS) is 14.1. The Balaban J connectivity index is 1.37. The van der Waals surface area contributed by atoms with Gasteiger partial charge in [0.25, 0.3) is 5.91 Å². The van der Waals surface area contributed by atoms with E-state index in [0.717, 1.165) is 46.6 Å². The molecule has 0 saturated carbocycles. The van der Waals surface area contributed by atoms with Gasteiger partial charge in [-0.25, -0.2) is 4.98 Å². The quantitative estimate of drug-likeness (QED) is 0.289. The SMILES string of the molecule is O=C(Nc1ccc(Cl)c(-c2ccc3cnccc3n2)c1)c1ccc(N2CCCCCS2)cc1Cl. The lowest BCUT2D eigenvalue weighted by Crippen LogP contribution is -2.16. The third-order valence-corrected chi connectivity index (χ3v) is 7.55. The lowest BCUT2D eigenvalue weighted by atomic mass is 10.1. The fourth-order valence-electron chi connectivity index (χ4n) is 3.93. The maximum atomic E-state index is 13.0. The summed E-state index contributed by atoms with van der Waals surface area (Å²) in [5, 5.41) is 4.87. The average molecular weight is 509 g/mol. The van der Waals surface area contributed by atoms with Crippen LogP contribution in [0.5, 0.6) is 0 Å². The summed E-state index contributed by atoms with van der Waals surface area (Å²) in [5.74, 6) is 0.827. The van der Waals surface area contributed by atoms with Crippen LogP contribution in [0.15, 0.2) is 67.0 Å². The third-order valence-electron chi connectivity index (χ3n) is 5.73. The Morgan fingerprint density at radius 1 is 0.971 bits per heavy atom. The number of nitrogens with zero attached hydrogens (tertiary/aromatic N) is 3. The zero-order valence-electron chi connectivity index (χ0n) is 18.3. The van der Waals surface area contributed by atoms with E-state index < -0.39 is 0 Å². The topological polar surface area (TPSA) is 58.1 Å². The molecule has 3 heterocycles. The molecule has 0 radical (unpaired) electrons. The number of carbonyl (C=O) groups is 1. The molecule has 34 heavy (non-hydrogen) atoms. The molecule has 2 aromatic carbocycles. The predicted octanol–water partition coefficient (Wildman–Crippen LogP) is 7.49. The van der Waals surface area contributed by atoms with Crippen molar-refractivity contribution in [1.29, 1.82) is 0 Å². The van der Waals surface area contributed by atoms with Crippen molar-refractivity contribution in [3.05, 3.63) is 82.6 Å². The van der Waals surface area contributed by atoms with Crippen molar-refractivity contribution in [3.8, 4) is 11.3 Å². The van der Waals surface area contributed by atoms with Gasteiger partial charge in [-0.1, -0.05) is 29.6 Å². The maximum Gasteiger partial charge on any atom is 0.257 e. The van der Waals surface area contributed by atoms with Crippen LogP contribution in [-0.4, -0.2) is 28.2 Å².